The number of carboxylic acid groups (broad SMARTS) is 1. The maximum Gasteiger partial charge on any atom is 0.315 e. The van der Waals surface area contributed by atoms with Crippen molar-refractivity contribution >= 4 is 27.9 Å². The van der Waals surface area contributed by atoms with Crippen LogP contribution < -0.4 is 10.6 Å². The van der Waals surface area contributed by atoms with Crippen LogP contribution in [-0.4, -0.2) is 23.1 Å². The molecule has 1 saturated carbocycles. The molecule has 0 spiro atoms. The van der Waals surface area contributed by atoms with Crippen molar-refractivity contribution in [2.45, 2.75) is 38.3 Å². The molecule has 1 aromatic carbocycles. The van der Waals surface area contributed by atoms with Crippen molar-refractivity contribution in [2.24, 2.45) is 5.92 Å². The summed E-state index contributed by atoms with van der Waals surface area (Å²) >= 11 is 3.37. The quantitative estimate of drug-likeness (QED) is 0.777. The van der Waals surface area contributed by atoms with E-state index in [1.54, 1.807) is 0 Å². The van der Waals surface area contributed by atoms with Gasteiger partial charge in [-0.1, -0.05) is 34.5 Å². The van der Waals surface area contributed by atoms with Gasteiger partial charge in [-0.15, -0.1) is 0 Å². The molecule has 6 heteroatoms. The van der Waals surface area contributed by atoms with E-state index in [2.05, 4.69) is 26.6 Å². The molecule has 1 fully saturated rings. The number of carboxylic acids is 1. The lowest BCUT2D eigenvalue weighted by Crippen LogP contribution is -2.45. The highest BCUT2D eigenvalue weighted by molar-refractivity contribution is 9.10. The molecule has 1 aromatic rings. The summed E-state index contributed by atoms with van der Waals surface area (Å²) in [6, 6.07) is 6.98. The van der Waals surface area contributed by atoms with Gasteiger partial charge in [0.1, 0.15) is 0 Å². The number of carbonyl (C=O) groups excluding carboxylic acids is 1. The van der Waals surface area contributed by atoms with Gasteiger partial charge in [0.15, 0.2) is 0 Å². The molecule has 114 valence electrons. The Kier molecular flexibility index (Phi) is 5.22. The summed E-state index contributed by atoms with van der Waals surface area (Å²) in [7, 11) is 0. The first kappa shape index (κ1) is 15.8. The van der Waals surface area contributed by atoms with Crippen LogP contribution >= 0.6 is 15.9 Å². The lowest BCUT2D eigenvalue weighted by atomic mass is 10.0. The van der Waals surface area contributed by atoms with Crippen molar-refractivity contribution in [1.29, 1.82) is 0 Å². The van der Waals surface area contributed by atoms with Crippen molar-refractivity contribution in [3.05, 3.63) is 34.3 Å². The SMILES string of the molecule is CC(NC(=O)NC1CCCC1C(=O)O)c1ccc(Br)cc1. The van der Waals surface area contributed by atoms with Crippen LogP contribution in [0.25, 0.3) is 0 Å². The minimum absolute atomic E-state index is 0.136. The summed E-state index contributed by atoms with van der Waals surface area (Å²) < 4.78 is 0.984. The normalized spacial score (nSPS) is 22.6. The molecule has 1 aliphatic carbocycles. The molecule has 5 nitrogen and oxygen atoms in total. The number of rotatable bonds is 4. The van der Waals surface area contributed by atoms with Gasteiger partial charge in [0.2, 0.25) is 0 Å². The van der Waals surface area contributed by atoms with Crippen LogP contribution in [0, 0.1) is 5.92 Å². The van der Waals surface area contributed by atoms with E-state index < -0.39 is 11.9 Å². The van der Waals surface area contributed by atoms with Crippen molar-refractivity contribution < 1.29 is 14.7 Å². The zero-order valence-corrected chi connectivity index (χ0v) is 13.4. The van der Waals surface area contributed by atoms with Crippen LogP contribution in [0.15, 0.2) is 28.7 Å². The van der Waals surface area contributed by atoms with Gasteiger partial charge in [0.25, 0.3) is 0 Å². The first-order valence-electron chi connectivity index (χ1n) is 7.02. The molecule has 0 bridgehead atoms. The first-order chi connectivity index (χ1) is 9.97. The molecule has 0 aliphatic heterocycles. The molecule has 2 rings (SSSR count). The van der Waals surface area contributed by atoms with Gasteiger partial charge in [-0.2, -0.15) is 0 Å². The Morgan fingerprint density at radius 3 is 2.57 bits per heavy atom. The van der Waals surface area contributed by atoms with Gasteiger partial charge in [0, 0.05) is 10.5 Å². The number of aliphatic carboxylic acids is 1. The Bertz CT molecular complexity index is 518. The van der Waals surface area contributed by atoms with E-state index in [0.29, 0.717) is 6.42 Å². The third-order valence-corrected chi connectivity index (χ3v) is 4.40. The van der Waals surface area contributed by atoms with E-state index in [-0.39, 0.29) is 18.1 Å². The van der Waals surface area contributed by atoms with Crippen LogP contribution in [0.2, 0.25) is 0 Å². The fraction of sp³-hybridized carbons (Fsp3) is 0.467. The number of hydrogen-bond donors (Lipinski definition) is 3. The van der Waals surface area contributed by atoms with Crippen molar-refractivity contribution in [1.82, 2.24) is 10.6 Å². The summed E-state index contributed by atoms with van der Waals surface area (Å²) in [6.07, 6.45) is 2.18. The first-order valence-corrected chi connectivity index (χ1v) is 7.82. The van der Waals surface area contributed by atoms with E-state index in [4.69, 9.17) is 5.11 Å². The molecule has 3 unspecified atom stereocenters. The second kappa shape index (κ2) is 6.93. The van der Waals surface area contributed by atoms with Gasteiger partial charge in [0.05, 0.1) is 12.0 Å². The van der Waals surface area contributed by atoms with Crippen LogP contribution in [-0.2, 0) is 4.79 Å². The molecule has 21 heavy (non-hydrogen) atoms. The van der Waals surface area contributed by atoms with E-state index in [1.807, 2.05) is 31.2 Å². The zero-order chi connectivity index (χ0) is 15.4. The summed E-state index contributed by atoms with van der Waals surface area (Å²) in [4.78, 5) is 23.1. The lowest BCUT2D eigenvalue weighted by Gasteiger charge is -2.20. The summed E-state index contributed by atoms with van der Waals surface area (Å²) in [5.74, 6) is -1.31. The monoisotopic (exact) mass is 354 g/mol. The van der Waals surface area contributed by atoms with Gasteiger partial charge >= 0.3 is 12.0 Å². The van der Waals surface area contributed by atoms with Gasteiger partial charge in [-0.3, -0.25) is 4.79 Å². The van der Waals surface area contributed by atoms with Crippen molar-refractivity contribution in [2.75, 3.05) is 0 Å². The van der Waals surface area contributed by atoms with Crippen molar-refractivity contribution in [3.63, 3.8) is 0 Å². The molecule has 2 amide bonds. The number of amides is 2. The van der Waals surface area contributed by atoms with E-state index in [0.717, 1.165) is 22.9 Å². The second-order valence-corrected chi connectivity index (χ2v) is 6.29. The average Bonchev–Trinajstić information content (AvgIpc) is 2.87. The average molecular weight is 355 g/mol. The third kappa shape index (κ3) is 4.20. The summed E-state index contributed by atoms with van der Waals surface area (Å²) in [5.41, 5.74) is 0.995. The van der Waals surface area contributed by atoms with Crippen molar-refractivity contribution in [3.8, 4) is 0 Å². The van der Waals surface area contributed by atoms with Crippen LogP contribution in [0.5, 0.6) is 0 Å². The highest BCUT2D eigenvalue weighted by Crippen LogP contribution is 2.25. The Balaban J connectivity index is 1.89. The Morgan fingerprint density at radius 2 is 1.95 bits per heavy atom. The number of nitrogens with one attached hydrogen (secondary N) is 2. The van der Waals surface area contributed by atoms with Gasteiger partial charge < -0.3 is 15.7 Å². The molecule has 0 aromatic heterocycles. The molecular weight excluding hydrogens is 336 g/mol. The maximum absolute atomic E-state index is 12.0. The minimum atomic E-state index is -0.834. The van der Waals surface area contributed by atoms with Crippen LogP contribution in [0.3, 0.4) is 0 Å². The van der Waals surface area contributed by atoms with Crippen LogP contribution in [0.1, 0.15) is 37.8 Å². The van der Waals surface area contributed by atoms with Gasteiger partial charge in [-0.25, -0.2) is 4.79 Å². The van der Waals surface area contributed by atoms with E-state index >= 15 is 0 Å². The lowest BCUT2D eigenvalue weighted by molar-refractivity contribution is -0.142. The molecule has 0 radical (unpaired) electrons. The smallest absolute Gasteiger partial charge is 0.315 e. The minimum Gasteiger partial charge on any atom is -0.481 e. The fourth-order valence-electron chi connectivity index (χ4n) is 2.67. The van der Waals surface area contributed by atoms with Crippen LogP contribution in [0.4, 0.5) is 4.79 Å². The van der Waals surface area contributed by atoms with E-state index in [1.165, 1.54) is 0 Å². The fourth-order valence-corrected chi connectivity index (χ4v) is 2.93. The molecule has 0 heterocycles. The molecule has 0 saturated heterocycles. The topological polar surface area (TPSA) is 78.4 Å². The highest BCUT2D eigenvalue weighted by Gasteiger charge is 2.33. The number of halogens is 1. The highest BCUT2D eigenvalue weighted by atomic mass is 79.9. The predicted octanol–water partition coefficient (Wildman–Crippen LogP) is 3.06. The number of hydrogen-bond acceptors (Lipinski definition) is 2. The maximum atomic E-state index is 12.0. The largest absolute Gasteiger partial charge is 0.481 e. The Labute approximate surface area is 132 Å². The molecule has 1 aliphatic rings. The molecular formula is C15H19BrN2O3. The third-order valence-electron chi connectivity index (χ3n) is 3.87. The van der Waals surface area contributed by atoms with Gasteiger partial charge in [-0.05, 0) is 37.5 Å². The predicted molar refractivity (Wildman–Crippen MR) is 83.0 cm³/mol. The number of benzene rings is 1. The number of urea groups is 1. The Hall–Kier alpha value is -1.56. The zero-order valence-electron chi connectivity index (χ0n) is 11.8. The molecule has 3 atom stereocenters. The number of carbonyl (C=O) groups is 2. The Morgan fingerprint density at radius 1 is 1.29 bits per heavy atom. The molecule has 3 N–H and O–H groups in total. The van der Waals surface area contributed by atoms with E-state index in [9.17, 15) is 9.59 Å². The summed E-state index contributed by atoms with van der Waals surface area (Å²) in [6.45, 7) is 1.89. The standard InChI is InChI=1S/C15H19BrN2O3/c1-9(10-5-7-11(16)8-6-10)17-15(21)18-13-4-2-3-12(13)14(19)20/h5-9,12-13H,2-4H2,1H3,(H,19,20)(H2,17,18,21). The second-order valence-electron chi connectivity index (χ2n) is 5.37. The summed E-state index contributed by atoms with van der Waals surface area (Å²) in [5, 5.41) is 14.7.